The molecule has 0 bridgehead atoms. The number of carbonyl (C=O) groups is 1. The van der Waals surface area contributed by atoms with E-state index in [2.05, 4.69) is 0 Å². The van der Waals surface area contributed by atoms with E-state index in [0.717, 1.165) is 17.7 Å². The molecular weight excluding hydrogens is 419 g/mol. The maximum atomic E-state index is 13.2. The first kappa shape index (κ1) is 21.7. The molecule has 4 nitrogen and oxygen atoms in total. The Morgan fingerprint density at radius 2 is 1.75 bits per heavy atom. The molecule has 0 saturated heterocycles. The number of esters is 1. The minimum Gasteiger partial charge on any atom is -0.507 e. The summed E-state index contributed by atoms with van der Waals surface area (Å²) in [6, 6.07) is 13.8. The first-order valence-electron chi connectivity index (χ1n) is 10.1. The van der Waals surface area contributed by atoms with E-state index >= 15 is 0 Å². The van der Waals surface area contributed by atoms with E-state index in [4.69, 9.17) is 4.74 Å². The summed E-state index contributed by atoms with van der Waals surface area (Å²) in [6.45, 7) is 4.11. The third-order valence-electron chi connectivity index (χ3n) is 5.66. The molecule has 0 radical (unpaired) electrons. The minimum absolute atomic E-state index is 0.00958. The molecule has 32 heavy (non-hydrogen) atoms. The van der Waals surface area contributed by atoms with Crippen molar-refractivity contribution in [2.24, 2.45) is 0 Å². The molecule has 3 aromatic carbocycles. The van der Waals surface area contributed by atoms with Crippen LogP contribution in [0.2, 0.25) is 0 Å². The molecular formula is C25H22F3NO3. The molecule has 7 heteroatoms. The summed E-state index contributed by atoms with van der Waals surface area (Å²) in [5.74, 6) is -0.429. The first-order chi connectivity index (χ1) is 15.1. The third-order valence-corrected chi connectivity index (χ3v) is 5.66. The Kier molecular flexibility index (Phi) is 5.36. The van der Waals surface area contributed by atoms with Crippen LogP contribution in [0, 0.1) is 0 Å². The predicted octanol–water partition coefficient (Wildman–Crippen LogP) is 6.48. The molecule has 0 unspecified atom stereocenters. The summed E-state index contributed by atoms with van der Waals surface area (Å²) in [7, 11) is 1.28. The van der Waals surface area contributed by atoms with E-state index in [1.807, 2.05) is 24.5 Å². The van der Waals surface area contributed by atoms with Gasteiger partial charge in [0.15, 0.2) is 0 Å². The van der Waals surface area contributed by atoms with E-state index in [-0.39, 0.29) is 23.8 Å². The number of alkyl halides is 3. The number of phenols is 1. The van der Waals surface area contributed by atoms with Gasteiger partial charge in [-0.25, -0.2) is 4.79 Å². The number of aromatic nitrogens is 1. The molecule has 0 aliphatic carbocycles. The molecule has 0 atom stereocenters. The average Bonchev–Trinajstić information content (AvgIpc) is 3.07. The standard InChI is InChI=1S/C25H22F3NO3/c1-14(2)16-11-20-23(21(30)12-16)22-18(24(31)32-3)8-5-9-19(22)29(20)13-15-6-4-7-17(10-15)25(26,27)28/h4-12,14,30H,13H2,1-3H3. The van der Waals surface area contributed by atoms with Gasteiger partial charge in [0, 0.05) is 11.9 Å². The van der Waals surface area contributed by atoms with Gasteiger partial charge in [-0.2, -0.15) is 13.2 Å². The van der Waals surface area contributed by atoms with Gasteiger partial charge in [-0.15, -0.1) is 0 Å². The number of ether oxygens (including phenoxy) is 1. The number of hydrogen-bond acceptors (Lipinski definition) is 3. The molecule has 0 spiro atoms. The molecule has 166 valence electrons. The second-order valence-electron chi connectivity index (χ2n) is 8.06. The summed E-state index contributed by atoms with van der Waals surface area (Å²) in [5.41, 5.74) is 2.15. The van der Waals surface area contributed by atoms with Crippen LogP contribution in [-0.2, 0) is 17.5 Å². The highest BCUT2D eigenvalue weighted by Crippen LogP contribution is 2.40. The van der Waals surface area contributed by atoms with Crippen LogP contribution in [0.3, 0.4) is 0 Å². The number of methoxy groups -OCH3 is 1. The zero-order chi connectivity index (χ0) is 23.2. The summed E-state index contributed by atoms with van der Waals surface area (Å²) in [5, 5.41) is 11.9. The van der Waals surface area contributed by atoms with Crippen molar-refractivity contribution in [1.29, 1.82) is 0 Å². The van der Waals surface area contributed by atoms with Crippen LogP contribution in [0.1, 0.15) is 46.8 Å². The van der Waals surface area contributed by atoms with Crippen LogP contribution >= 0.6 is 0 Å². The van der Waals surface area contributed by atoms with Gasteiger partial charge >= 0.3 is 12.1 Å². The Morgan fingerprint density at radius 3 is 2.41 bits per heavy atom. The summed E-state index contributed by atoms with van der Waals surface area (Å²) >= 11 is 0. The van der Waals surface area contributed by atoms with Gasteiger partial charge in [0.05, 0.1) is 34.7 Å². The fourth-order valence-corrected chi connectivity index (χ4v) is 4.07. The lowest BCUT2D eigenvalue weighted by molar-refractivity contribution is -0.137. The highest BCUT2D eigenvalue weighted by molar-refractivity contribution is 6.19. The Labute approximate surface area is 182 Å². The summed E-state index contributed by atoms with van der Waals surface area (Å²) in [6.07, 6.45) is -4.45. The number of phenolic OH excluding ortho intramolecular Hbond substituents is 1. The zero-order valence-corrected chi connectivity index (χ0v) is 17.8. The maximum absolute atomic E-state index is 13.2. The van der Waals surface area contributed by atoms with Crippen LogP contribution in [-0.4, -0.2) is 22.8 Å². The van der Waals surface area contributed by atoms with Gasteiger partial charge in [0.1, 0.15) is 5.75 Å². The normalized spacial score (nSPS) is 12.1. The predicted molar refractivity (Wildman–Crippen MR) is 117 cm³/mol. The lowest BCUT2D eigenvalue weighted by Crippen LogP contribution is -2.07. The van der Waals surface area contributed by atoms with E-state index in [1.165, 1.54) is 13.2 Å². The van der Waals surface area contributed by atoms with Crippen molar-refractivity contribution in [2.45, 2.75) is 32.5 Å². The zero-order valence-electron chi connectivity index (χ0n) is 17.8. The molecule has 0 fully saturated rings. The smallest absolute Gasteiger partial charge is 0.416 e. The van der Waals surface area contributed by atoms with Gasteiger partial charge in [0.2, 0.25) is 0 Å². The van der Waals surface area contributed by atoms with E-state index in [9.17, 15) is 23.1 Å². The molecule has 1 aromatic heterocycles. The van der Waals surface area contributed by atoms with Gasteiger partial charge in [-0.05, 0) is 53.4 Å². The van der Waals surface area contributed by atoms with Gasteiger partial charge in [0.25, 0.3) is 0 Å². The Bertz CT molecular complexity index is 1340. The number of halogens is 3. The van der Waals surface area contributed by atoms with E-state index in [1.54, 1.807) is 30.3 Å². The quantitative estimate of drug-likeness (QED) is 0.369. The number of aromatic hydroxyl groups is 1. The number of hydrogen-bond donors (Lipinski definition) is 1. The topological polar surface area (TPSA) is 51.5 Å². The second kappa shape index (κ2) is 7.89. The van der Waals surface area contributed by atoms with Gasteiger partial charge < -0.3 is 14.4 Å². The number of fused-ring (bicyclic) bond motifs is 3. The van der Waals surface area contributed by atoms with Gasteiger partial charge in [-0.3, -0.25) is 0 Å². The molecule has 4 aromatic rings. The lowest BCUT2D eigenvalue weighted by Gasteiger charge is -2.13. The maximum Gasteiger partial charge on any atom is 0.416 e. The highest BCUT2D eigenvalue weighted by Gasteiger charge is 2.30. The van der Waals surface area contributed by atoms with Crippen molar-refractivity contribution in [1.82, 2.24) is 4.57 Å². The van der Waals surface area contributed by atoms with Crippen molar-refractivity contribution in [3.05, 3.63) is 76.9 Å². The lowest BCUT2D eigenvalue weighted by atomic mass is 9.99. The van der Waals surface area contributed by atoms with Crippen LogP contribution in [0.5, 0.6) is 5.75 Å². The Morgan fingerprint density at radius 1 is 1.03 bits per heavy atom. The number of rotatable bonds is 4. The average molecular weight is 441 g/mol. The number of benzene rings is 3. The first-order valence-corrected chi connectivity index (χ1v) is 10.1. The van der Waals surface area contributed by atoms with Gasteiger partial charge in [-0.1, -0.05) is 32.0 Å². The third kappa shape index (κ3) is 3.68. The van der Waals surface area contributed by atoms with Crippen LogP contribution in [0.4, 0.5) is 13.2 Å². The van der Waals surface area contributed by atoms with Crippen molar-refractivity contribution in [3.63, 3.8) is 0 Å². The van der Waals surface area contributed by atoms with E-state index < -0.39 is 17.7 Å². The molecule has 1 N–H and O–H groups in total. The van der Waals surface area contributed by atoms with E-state index in [0.29, 0.717) is 27.4 Å². The highest BCUT2D eigenvalue weighted by atomic mass is 19.4. The van der Waals surface area contributed by atoms with Crippen LogP contribution in [0.25, 0.3) is 21.8 Å². The molecule has 0 aliphatic heterocycles. The van der Waals surface area contributed by atoms with Crippen molar-refractivity contribution < 1.29 is 27.8 Å². The molecule has 0 saturated carbocycles. The molecule has 0 amide bonds. The van der Waals surface area contributed by atoms with Crippen LogP contribution < -0.4 is 0 Å². The van der Waals surface area contributed by atoms with Crippen molar-refractivity contribution in [3.8, 4) is 5.75 Å². The molecule has 4 rings (SSSR count). The minimum atomic E-state index is -4.45. The number of carbonyl (C=O) groups excluding carboxylic acids is 1. The monoisotopic (exact) mass is 441 g/mol. The van der Waals surface area contributed by atoms with Crippen molar-refractivity contribution >= 4 is 27.8 Å². The summed E-state index contributed by atoms with van der Waals surface area (Å²) in [4.78, 5) is 12.4. The SMILES string of the molecule is COC(=O)c1cccc2c1c1c(O)cc(C(C)C)cc1n2Cc1cccc(C(F)(F)F)c1. The Balaban J connectivity index is 2.04. The molecule has 0 aliphatic rings. The number of nitrogens with zero attached hydrogens (tertiary/aromatic N) is 1. The molecule has 1 heterocycles. The largest absolute Gasteiger partial charge is 0.507 e. The fraction of sp³-hybridized carbons (Fsp3) is 0.240. The Hall–Kier alpha value is -3.48. The second-order valence-corrected chi connectivity index (χ2v) is 8.06. The van der Waals surface area contributed by atoms with Crippen LogP contribution in [0.15, 0.2) is 54.6 Å². The fourth-order valence-electron chi connectivity index (χ4n) is 4.07. The van der Waals surface area contributed by atoms with Crippen molar-refractivity contribution in [2.75, 3.05) is 7.11 Å². The summed E-state index contributed by atoms with van der Waals surface area (Å²) < 4.78 is 46.5.